The molecule has 9 nitrogen and oxygen atoms in total. The molecule has 0 amide bonds. The summed E-state index contributed by atoms with van der Waals surface area (Å²) in [6, 6.07) is 6.56. The fourth-order valence-electron chi connectivity index (χ4n) is 4.14. The highest BCUT2D eigenvalue weighted by Crippen LogP contribution is 2.24. The molecule has 3 aromatic heterocycles. The minimum atomic E-state index is -0.0412. The fraction of sp³-hybridized carbons (Fsp3) is 0.474. The normalized spacial score (nSPS) is 18.6. The molecule has 9 heteroatoms. The average molecular weight is 380 g/mol. The molecule has 3 aromatic rings. The Morgan fingerprint density at radius 3 is 2.54 bits per heavy atom. The molecule has 0 atom stereocenters. The van der Waals surface area contributed by atoms with Crippen molar-refractivity contribution >= 4 is 22.8 Å². The summed E-state index contributed by atoms with van der Waals surface area (Å²) in [4.78, 5) is 28.7. The maximum atomic E-state index is 12.6. The van der Waals surface area contributed by atoms with E-state index in [1.165, 1.54) is 0 Å². The molecule has 0 saturated carbocycles. The molecular formula is C19H24N8O. The van der Waals surface area contributed by atoms with Crippen LogP contribution in [0.15, 0.2) is 35.4 Å². The van der Waals surface area contributed by atoms with Gasteiger partial charge in [0.1, 0.15) is 11.2 Å². The second kappa shape index (κ2) is 6.59. The van der Waals surface area contributed by atoms with Gasteiger partial charge in [-0.05, 0) is 12.1 Å². The molecule has 0 radical (unpaired) electrons. The van der Waals surface area contributed by atoms with Gasteiger partial charge in [0.2, 0.25) is 5.95 Å². The lowest BCUT2D eigenvalue weighted by molar-refractivity contribution is 0.155. The number of rotatable bonds is 3. The quantitative estimate of drug-likeness (QED) is 0.637. The smallest absolute Gasteiger partial charge is 0.265 e. The lowest BCUT2D eigenvalue weighted by atomic mass is 10.1. The van der Waals surface area contributed by atoms with Crippen molar-refractivity contribution in [2.24, 2.45) is 14.1 Å². The van der Waals surface area contributed by atoms with E-state index in [4.69, 9.17) is 0 Å². The van der Waals surface area contributed by atoms with Gasteiger partial charge in [-0.25, -0.2) is 4.98 Å². The summed E-state index contributed by atoms with van der Waals surface area (Å²) in [6.45, 7) is 5.82. The molecule has 2 aliphatic rings. The topological polar surface area (TPSA) is 75.3 Å². The van der Waals surface area contributed by atoms with Crippen molar-refractivity contribution in [2.45, 2.75) is 6.04 Å². The molecule has 0 spiro atoms. The van der Waals surface area contributed by atoms with Crippen LogP contribution in [0.3, 0.4) is 0 Å². The van der Waals surface area contributed by atoms with Crippen LogP contribution in [0.25, 0.3) is 11.0 Å². The fourth-order valence-corrected chi connectivity index (χ4v) is 4.14. The van der Waals surface area contributed by atoms with Gasteiger partial charge in [-0.3, -0.25) is 18.9 Å². The summed E-state index contributed by atoms with van der Waals surface area (Å²) in [5, 5.41) is 4.87. The molecule has 28 heavy (non-hydrogen) atoms. The summed E-state index contributed by atoms with van der Waals surface area (Å²) >= 11 is 0. The van der Waals surface area contributed by atoms with Crippen molar-refractivity contribution in [1.29, 1.82) is 0 Å². The maximum Gasteiger partial charge on any atom is 0.265 e. The number of hydrogen-bond donors (Lipinski definition) is 0. The zero-order chi connectivity index (χ0) is 19.3. The van der Waals surface area contributed by atoms with Gasteiger partial charge >= 0.3 is 0 Å². The number of nitrogens with zero attached hydrogens (tertiary/aromatic N) is 8. The van der Waals surface area contributed by atoms with Crippen molar-refractivity contribution in [2.75, 3.05) is 49.1 Å². The third-order valence-corrected chi connectivity index (χ3v) is 5.80. The van der Waals surface area contributed by atoms with E-state index < -0.39 is 0 Å². The molecule has 2 saturated heterocycles. The summed E-state index contributed by atoms with van der Waals surface area (Å²) < 4.78 is 3.28. The number of pyridine rings is 1. The van der Waals surface area contributed by atoms with E-state index in [0.717, 1.165) is 45.1 Å². The number of hydrogen-bond acceptors (Lipinski definition) is 7. The van der Waals surface area contributed by atoms with E-state index in [9.17, 15) is 4.79 Å². The van der Waals surface area contributed by atoms with Gasteiger partial charge < -0.3 is 9.80 Å². The molecule has 146 valence electrons. The van der Waals surface area contributed by atoms with Gasteiger partial charge in [0.25, 0.3) is 5.56 Å². The van der Waals surface area contributed by atoms with E-state index in [2.05, 4.69) is 35.8 Å². The summed E-state index contributed by atoms with van der Waals surface area (Å²) in [5.41, 5.74) is 0.480. The highest BCUT2D eigenvalue weighted by Gasteiger charge is 2.35. The van der Waals surface area contributed by atoms with Gasteiger partial charge in [0, 0.05) is 71.8 Å². The maximum absolute atomic E-state index is 12.6. The zero-order valence-electron chi connectivity index (χ0n) is 16.2. The number of piperazine rings is 1. The van der Waals surface area contributed by atoms with Crippen LogP contribution >= 0.6 is 0 Å². The van der Waals surface area contributed by atoms with Crippen LogP contribution in [0.2, 0.25) is 0 Å². The summed E-state index contributed by atoms with van der Waals surface area (Å²) in [5.74, 6) is 1.76. The number of fused-ring (bicyclic) bond motifs is 1. The van der Waals surface area contributed by atoms with Crippen LogP contribution in [0.1, 0.15) is 0 Å². The van der Waals surface area contributed by atoms with Gasteiger partial charge in [-0.15, -0.1) is 0 Å². The minimum absolute atomic E-state index is 0.0412. The molecule has 0 bridgehead atoms. The average Bonchev–Trinajstić information content (AvgIpc) is 3.06. The van der Waals surface area contributed by atoms with E-state index in [0.29, 0.717) is 23.0 Å². The highest BCUT2D eigenvalue weighted by molar-refractivity contribution is 5.74. The predicted molar refractivity (Wildman–Crippen MR) is 108 cm³/mol. The summed E-state index contributed by atoms with van der Waals surface area (Å²) in [7, 11) is 3.60. The van der Waals surface area contributed by atoms with E-state index in [1.807, 2.05) is 25.4 Å². The van der Waals surface area contributed by atoms with Crippen molar-refractivity contribution in [1.82, 2.24) is 29.2 Å². The first-order chi connectivity index (χ1) is 13.6. The second-order valence-corrected chi connectivity index (χ2v) is 7.59. The Labute approximate surface area is 162 Å². The molecule has 0 aromatic carbocycles. The van der Waals surface area contributed by atoms with Crippen LogP contribution in [-0.2, 0) is 14.1 Å². The molecule has 2 aliphatic heterocycles. The largest absolute Gasteiger partial charge is 0.354 e. The summed E-state index contributed by atoms with van der Waals surface area (Å²) in [6.07, 6.45) is 3.58. The SMILES string of the molecule is Cn1cc2c(=O)n(C)c(N3CC(N4CCN(c5ccccn5)CC4)C3)nc2n1. The number of anilines is 2. The third kappa shape index (κ3) is 2.82. The Balaban J connectivity index is 1.24. The molecule has 2 fully saturated rings. The predicted octanol–water partition coefficient (Wildman–Crippen LogP) is 0.0728. The first-order valence-corrected chi connectivity index (χ1v) is 9.65. The van der Waals surface area contributed by atoms with Gasteiger partial charge in [-0.2, -0.15) is 10.1 Å². The Hall–Kier alpha value is -2.94. The first-order valence-electron chi connectivity index (χ1n) is 9.65. The molecule has 0 aliphatic carbocycles. The lowest BCUT2D eigenvalue weighted by Crippen LogP contribution is -2.64. The van der Waals surface area contributed by atoms with Crippen molar-refractivity contribution in [3.8, 4) is 0 Å². The molecule has 5 heterocycles. The van der Waals surface area contributed by atoms with Gasteiger partial charge in [-0.1, -0.05) is 6.07 Å². The zero-order valence-corrected chi connectivity index (χ0v) is 16.2. The lowest BCUT2D eigenvalue weighted by Gasteiger charge is -2.48. The third-order valence-electron chi connectivity index (χ3n) is 5.80. The minimum Gasteiger partial charge on any atom is -0.354 e. The Morgan fingerprint density at radius 1 is 1.04 bits per heavy atom. The van der Waals surface area contributed by atoms with Gasteiger partial charge in [0.15, 0.2) is 5.65 Å². The monoisotopic (exact) mass is 380 g/mol. The first kappa shape index (κ1) is 17.2. The van der Waals surface area contributed by atoms with Crippen LogP contribution in [0.4, 0.5) is 11.8 Å². The number of aryl methyl sites for hydroxylation is 1. The molecule has 0 N–H and O–H groups in total. The highest BCUT2D eigenvalue weighted by atomic mass is 16.1. The molecular weight excluding hydrogens is 356 g/mol. The van der Waals surface area contributed by atoms with Crippen molar-refractivity contribution in [3.63, 3.8) is 0 Å². The van der Waals surface area contributed by atoms with E-state index in [1.54, 1.807) is 22.5 Å². The molecule has 5 rings (SSSR count). The standard InChI is InChI=1S/C19H24N8O/c1-23-13-15-17(22-23)21-19(24(2)18(15)28)27-11-14(12-27)25-7-9-26(10-8-25)16-5-3-4-6-20-16/h3-6,13-14H,7-12H2,1-2H3. The van der Waals surface area contributed by atoms with Crippen molar-refractivity contribution in [3.05, 3.63) is 40.9 Å². The van der Waals surface area contributed by atoms with Crippen LogP contribution < -0.4 is 15.4 Å². The van der Waals surface area contributed by atoms with E-state index in [-0.39, 0.29) is 5.56 Å². The van der Waals surface area contributed by atoms with E-state index >= 15 is 0 Å². The van der Waals surface area contributed by atoms with Crippen LogP contribution in [0, 0.1) is 0 Å². The van der Waals surface area contributed by atoms with Crippen LogP contribution in [-0.4, -0.2) is 74.5 Å². The van der Waals surface area contributed by atoms with Crippen molar-refractivity contribution < 1.29 is 0 Å². The Kier molecular flexibility index (Phi) is 4.04. The van der Waals surface area contributed by atoms with Crippen LogP contribution in [0.5, 0.6) is 0 Å². The Bertz CT molecular complexity index is 1040. The number of aromatic nitrogens is 5. The second-order valence-electron chi connectivity index (χ2n) is 7.59. The van der Waals surface area contributed by atoms with Gasteiger partial charge in [0.05, 0.1) is 0 Å². The molecule has 0 unspecified atom stereocenters. The Morgan fingerprint density at radius 2 is 1.82 bits per heavy atom.